The van der Waals surface area contributed by atoms with Crippen molar-refractivity contribution in [3.05, 3.63) is 21.3 Å². The average Bonchev–Trinajstić information content (AvgIpc) is 2.92. The number of likely N-dealkylation sites (tertiary alicyclic amines) is 1. The van der Waals surface area contributed by atoms with Gasteiger partial charge in [0, 0.05) is 11.4 Å². The van der Waals surface area contributed by atoms with E-state index >= 15 is 0 Å². The molecule has 1 saturated heterocycles. The van der Waals surface area contributed by atoms with Gasteiger partial charge in [-0.15, -0.1) is 11.3 Å². The quantitative estimate of drug-likeness (QED) is 0.828. The summed E-state index contributed by atoms with van der Waals surface area (Å²) in [6.45, 7) is 9.39. The molecule has 0 saturated carbocycles. The fraction of sp³-hybridized carbons (Fsp3) is 0.667. The Bertz CT molecular complexity index is 511. The number of carbonyl (C=O) groups excluding carboxylic acids is 1. The van der Waals surface area contributed by atoms with Crippen LogP contribution in [0.4, 0.5) is 4.79 Å². The van der Waals surface area contributed by atoms with Crippen molar-refractivity contribution < 1.29 is 14.3 Å². The predicted molar refractivity (Wildman–Crippen MR) is 84.9 cm³/mol. The van der Waals surface area contributed by atoms with Gasteiger partial charge in [-0.25, -0.2) is 4.79 Å². The SMILES string of the molecule is CC(C)(C)OC(=O)N1CCC(C)(OCc2ccc(Cl)s2)C1. The van der Waals surface area contributed by atoms with Crippen molar-refractivity contribution in [1.82, 2.24) is 4.90 Å². The molecule has 0 aliphatic carbocycles. The minimum Gasteiger partial charge on any atom is -0.444 e. The highest BCUT2D eigenvalue weighted by Gasteiger charge is 2.38. The Kier molecular flexibility index (Phi) is 4.85. The Morgan fingerprint density at radius 1 is 1.48 bits per heavy atom. The van der Waals surface area contributed by atoms with Crippen molar-refractivity contribution >= 4 is 29.0 Å². The van der Waals surface area contributed by atoms with Gasteiger partial charge < -0.3 is 14.4 Å². The number of hydrogen-bond donors (Lipinski definition) is 0. The van der Waals surface area contributed by atoms with E-state index in [1.807, 2.05) is 39.8 Å². The van der Waals surface area contributed by atoms with Gasteiger partial charge in [0.15, 0.2) is 0 Å². The van der Waals surface area contributed by atoms with Crippen molar-refractivity contribution in [2.75, 3.05) is 13.1 Å². The molecular formula is C15H22ClNO3S. The van der Waals surface area contributed by atoms with Gasteiger partial charge in [0.2, 0.25) is 0 Å². The second-order valence-corrected chi connectivity index (χ2v) is 8.40. The molecule has 0 bridgehead atoms. The highest BCUT2D eigenvalue weighted by molar-refractivity contribution is 7.16. The summed E-state index contributed by atoms with van der Waals surface area (Å²) < 4.78 is 12.2. The van der Waals surface area contributed by atoms with E-state index in [0.717, 1.165) is 15.6 Å². The van der Waals surface area contributed by atoms with E-state index in [0.29, 0.717) is 19.7 Å². The van der Waals surface area contributed by atoms with Crippen LogP contribution < -0.4 is 0 Å². The number of nitrogens with zero attached hydrogens (tertiary/aromatic N) is 1. The summed E-state index contributed by atoms with van der Waals surface area (Å²) in [5.74, 6) is 0. The molecule has 2 heterocycles. The third kappa shape index (κ3) is 4.87. The third-order valence-corrected chi connectivity index (χ3v) is 4.48. The predicted octanol–water partition coefficient (Wildman–Crippen LogP) is 4.32. The lowest BCUT2D eigenvalue weighted by atomic mass is 10.1. The van der Waals surface area contributed by atoms with Crippen LogP contribution in [0.15, 0.2) is 12.1 Å². The monoisotopic (exact) mass is 331 g/mol. The van der Waals surface area contributed by atoms with Crippen LogP contribution in [0.5, 0.6) is 0 Å². The van der Waals surface area contributed by atoms with Crippen molar-refractivity contribution in [3.8, 4) is 0 Å². The highest BCUT2D eigenvalue weighted by atomic mass is 35.5. The first kappa shape index (κ1) is 16.6. The van der Waals surface area contributed by atoms with Crippen molar-refractivity contribution in [2.45, 2.75) is 51.9 Å². The van der Waals surface area contributed by atoms with Crippen molar-refractivity contribution in [3.63, 3.8) is 0 Å². The number of amides is 1. The minimum atomic E-state index is -0.468. The van der Waals surface area contributed by atoms with Crippen LogP contribution in [0.25, 0.3) is 0 Å². The summed E-state index contributed by atoms with van der Waals surface area (Å²) in [4.78, 5) is 14.9. The van der Waals surface area contributed by atoms with E-state index in [1.54, 1.807) is 4.90 Å². The van der Waals surface area contributed by atoms with Gasteiger partial charge in [-0.3, -0.25) is 0 Å². The molecule has 118 valence electrons. The van der Waals surface area contributed by atoms with Crippen LogP contribution in [0, 0.1) is 0 Å². The minimum absolute atomic E-state index is 0.269. The number of halogens is 1. The van der Waals surface area contributed by atoms with E-state index in [9.17, 15) is 4.79 Å². The number of hydrogen-bond acceptors (Lipinski definition) is 4. The van der Waals surface area contributed by atoms with E-state index in [1.165, 1.54) is 11.3 Å². The normalized spacial score (nSPS) is 22.6. The van der Waals surface area contributed by atoms with Crippen LogP contribution in [0.3, 0.4) is 0 Å². The van der Waals surface area contributed by atoms with Crippen LogP contribution in [-0.2, 0) is 16.1 Å². The Morgan fingerprint density at radius 3 is 2.76 bits per heavy atom. The molecule has 0 radical (unpaired) electrons. The largest absolute Gasteiger partial charge is 0.444 e. The standard InChI is InChI=1S/C15H22ClNO3S/c1-14(2,3)20-13(18)17-8-7-15(4,10-17)19-9-11-5-6-12(16)21-11/h5-6H,7-10H2,1-4H3. The lowest BCUT2D eigenvalue weighted by Gasteiger charge is -2.27. The summed E-state index contributed by atoms with van der Waals surface area (Å²) in [5, 5.41) is 0. The second kappa shape index (κ2) is 6.15. The molecule has 4 nitrogen and oxygen atoms in total. The topological polar surface area (TPSA) is 38.8 Å². The lowest BCUT2D eigenvalue weighted by molar-refractivity contribution is -0.0363. The van der Waals surface area contributed by atoms with Gasteiger partial charge in [-0.2, -0.15) is 0 Å². The Morgan fingerprint density at radius 2 is 2.19 bits per heavy atom. The third-order valence-electron chi connectivity index (χ3n) is 3.28. The number of carbonyl (C=O) groups is 1. The zero-order chi connectivity index (χ0) is 15.7. The molecule has 1 aromatic heterocycles. The summed E-state index contributed by atoms with van der Waals surface area (Å²) in [7, 11) is 0. The summed E-state index contributed by atoms with van der Waals surface area (Å²) in [6.07, 6.45) is 0.541. The van der Waals surface area contributed by atoms with Crippen LogP contribution >= 0.6 is 22.9 Å². The Hall–Kier alpha value is -0.780. The molecule has 0 N–H and O–H groups in total. The molecule has 0 aromatic carbocycles. The summed E-state index contributed by atoms with van der Waals surface area (Å²) in [6, 6.07) is 3.84. The van der Waals surface area contributed by atoms with E-state index in [2.05, 4.69) is 0 Å². The Labute approximate surface area is 135 Å². The van der Waals surface area contributed by atoms with Gasteiger partial charge in [0.1, 0.15) is 5.60 Å². The van der Waals surface area contributed by atoms with Gasteiger partial charge in [-0.1, -0.05) is 11.6 Å². The van der Waals surface area contributed by atoms with Crippen LogP contribution in [0.2, 0.25) is 4.34 Å². The number of thiophene rings is 1. The average molecular weight is 332 g/mol. The molecular weight excluding hydrogens is 310 g/mol. The van der Waals surface area contributed by atoms with E-state index < -0.39 is 5.60 Å². The van der Waals surface area contributed by atoms with Crippen LogP contribution in [-0.4, -0.2) is 35.3 Å². The maximum absolute atomic E-state index is 12.1. The molecule has 2 rings (SSSR count). The first-order chi connectivity index (χ1) is 9.67. The molecule has 1 aliphatic heterocycles. The zero-order valence-corrected chi connectivity index (χ0v) is 14.5. The van der Waals surface area contributed by atoms with E-state index in [-0.39, 0.29) is 11.7 Å². The highest BCUT2D eigenvalue weighted by Crippen LogP contribution is 2.29. The maximum Gasteiger partial charge on any atom is 0.410 e. The smallest absolute Gasteiger partial charge is 0.410 e. The van der Waals surface area contributed by atoms with Crippen LogP contribution in [0.1, 0.15) is 39.0 Å². The van der Waals surface area contributed by atoms with E-state index in [4.69, 9.17) is 21.1 Å². The molecule has 21 heavy (non-hydrogen) atoms. The van der Waals surface area contributed by atoms with Crippen molar-refractivity contribution in [1.29, 1.82) is 0 Å². The molecule has 1 atom stereocenters. The number of rotatable bonds is 3. The van der Waals surface area contributed by atoms with Gasteiger partial charge in [-0.05, 0) is 46.2 Å². The first-order valence-electron chi connectivity index (χ1n) is 7.03. The van der Waals surface area contributed by atoms with Crippen molar-refractivity contribution in [2.24, 2.45) is 0 Å². The second-order valence-electron chi connectivity index (χ2n) is 6.60. The number of ether oxygens (including phenoxy) is 2. The van der Waals surface area contributed by atoms with Gasteiger partial charge in [0.05, 0.1) is 23.1 Å². The molecule has 1 aliphatic rings. The van der Waals surface area contributed by atoms with Gasteiger partial charge in [0.25, 0.3) is 0 Å². The molecule has 1 unspecified atom stereocenters. The molecule has 1 amide bonds. The Balaban J connectivity index is 1.86. The first-order valence-corrected chi connectivity index (χ1v) is 8.22. The summed E-state index contributed by atoms with van der Waals surface area (Å²) in [5.41, 5.74) is -0.794. The van der Waals surface area contributed by atoms with Gasteiger partial charge >= 0.3 is 6.09 Å². The fourth-order valence-electron chi connectivity index (χ4n) is 2.21. The molecule has 0 spiro atoms. The maximum atomic E-state index is 12.1. The lowest BCUT2D eigenvalue weighted by Crippen LogP contribution is -2.39. The zero-order valence-electron chi connectivity index (χ0n) is 12.9. The summed E-state index contributed by atoms with van der Waals surface area (Å²) >= 11 is 7.43. The molecule has 1 fully saturated rings. The molecule has 6 heteroatoms. The fourth-order valence-corrected chi connectivity index (χ4v) is 3.21. The molecule has 1 aromatic rings.